The molecule has 3 N–H and O–H groups in total. The lowest BCUT2D eigenvalue weighted by atomic mass is 10.0. The molecule has 0 amide bonds. The van der Waals surface area contributed by atoms with Crippen molar-refractivity contribution in [2.75, 3.05) is 44.4 Å². The molecular formula is C18H25N5O2. The molecule has 0 radical (unpaired) electrons. The van der Waals surface area contributed by atoms with Crippen LogP contribution in [0, 0.1) is 6.92 Å². The number of likely N-dealkylation sites (tertiary alicyclic amines) is 1. The third kappa shape index (κ3) is 4.18. The van der Waals surface area contributed by atoms with E-state index in [1.807, 2.05) is 38.2 Å². The molecule has 134 valence electrons. The normalized spacial score (nSPS) is 15.4. The number of methoxy groups -OCH3 is 1. The van der Waals surface area contributed by atoms with E-state index in [0.29, 0.717) is 18.2 Å². The summed E-state index contributed by atoms with van der Waals surface area (Å²) < 4.78 is 5.41. The van der Waals surface area contributed by atoms with E-state index in [1.54, 1.807) is 7.11 Å². The lowest BCUT2D eigenvalue weighted by molar-refractivity contribution is 0.0773. The summed E-state index contributed by atoms with van der Waals surface area (Å²) in [5.74, 6) is 1.94. The second-order valence-corrected chi connectivity index (χ2v) is 6.22. The molecule has 1 fully saturated rings. The second-order valence-electron chi connectivity index (χ2n) is 6.22. The van der Waals surface area contributed by atoms with Crippen molar-refractivity contribution in [2.45, 2.75) is 19.4 Å². The Morgan fingerprint density at radius 1 is 1.28 bits per heavy atom. The summed E-state index contributed by atoms with van der Waals surface area (Å²) in [5.41, 5.74) is 2.44. The van der Waals surface area contributed by atoms with Crippen LogP contribution in [0.3, 0.4) is 0 Å². The van der Waals surface area contributed by atoms with Gasteiger partial charge in [-0.15, -0.1) is 0 Å². The molecule has 3 rings (SSSR count). The Balaban J connectivity index is 1.82. The van der Waals surface area contributed by atoms with Gasteiger partial charge < -0.3 is 25.4 Å². The van der Waals surface area contributed by atoms with Gasteiger partial charge in [-0.05, 0) is 44.6 Å². The van der Waals surface area contributed by atoms with Crippen molar-refractivity contribution >= 4 is 17.5 Å². The first-order valence-electron chi connectivity index (χ1n) is 8.48. The Hall–Kier alpha value is -2.38. The fourth-order valence-electron chi connectivity index (χ4n) is 2.86. The molecule has 0 aliphatic carbocycles. The number of aryl methyl sites for hydroxylation is 1. The van der Waals surface area contributed by atoms with Crippen LogP contribution in [0.1, 0.15) is 23.8 Å². The Morgan fingerprint density at radius 2 is 2.08 bits per heavy atom. The third-order valence-electron chi connectivity index (χ3n) is 4.34. The summed E-state index contributed by atoms with van der Waals surface area (Å²) >= 11 is 0. The smallest absolute Gasteiger partial charge is 0.229 e. The van der Waals surface area contributed by atoms with E-state index in [9.17, 15) is 5.11 Å². The lowest BCUT2D eigenvalue weighted by Crippen LogP contribution is -2.39. The minimum absolute atomic E-state index is 0.512. The number of nitrogens with one attached hydrogen (secondary N) is 2. The molecular weight excluding hydrogens is 318 g/mol. The van der Waals surface area contributed by atoms with Crippen LogP contribution in [0.4, 0.5) is 17.5 Å². The maximum atomic E-state index is 10.6. The summed E-state index contributed by atoms with van der Waals surface area (Å²) in [5, 5.41) is 16.8. The highest BCUT2D eigenvalue weighted by Crippen LogP contribution is 2.30. The highest BCUT2D eigenvalue weighted by Gasteiger charge is 2.21. The summed E-state index contributed by atoms with van der Waals surface area (Å²) in [4.78, 5) is 11.0. The molecule has 1 aliphatic rings. The van der Waals surface area contributed by atoms with Crippen molar-refractivity contribution in [2.24, 2.45) is 0 Å². The van der Waals surface area contributed by atoms with Crippen LogP contribution < -0.4 is 15.4 Å². The van der Waals surface area contributed by atoms with Crippen molar-refractivity contribution in [1.29, 1.82) is 0 Å². The molecule has 2 aromatic rings. The monoisotopic (exact) mass is 343 g/mol. The molecule has 1 aromatic heterocycles. The minimum Gasteiger partial charge on any atom is -0.496 e. The predicted molar refractivity (Wildman–Crippen MR) is 98.6 cm³/mol. The van der Waals surface area contributed by atoms with E-state index in [0.717, 1.165) is 35.9 Å². The molecule has 0 bridgehead atoms. The van der Waals surface area contributed by atoms with Gasteiger partial charge in [0.1, 0.15) is 11.6 Å². The topological polar surface area (TPSA) is 82.5 Å². The van der Waals surface area contributed by atoms with Crippen molar-refractivity contribution in [3.05, 3.63) is 35.5 Å². The molecule has 2 heterocycles. The zero-order valence-electron chi connectivity index (χ0n) is 14.9. The van der Waals surface area contributed by atoms with E-state index >= 15 is 0 Å². The van der Waals surface area contributed by atoms with Gasteiger partial charge in [-0.3, -0.25) is 0 Å². The first kappa shape index (κ1) is 17.4. The second kappa shape index (κ2) is 7.67. The van der Waals surface area contributed by atoms with Gasteiger partial charge in [0.2, 0.25) is 5.95 Å². The molecule has 1 aliphatic heterocycles. The quantitative estimate of drug-likeness (QED) is 0.711. The Morgan fingerprint density at radius 3 is 2.72 bits per heavy atom. The van der Waals surface area contributed by atoms with Gasteiger partial charge in [0.15, 0.2) is 0 Å². The van der Waals surface area contributed by atoms with E-state index in [-0.39, 0.29) is 0 Å². The zero-order chi connectivity index (χ0) is 17.8. The van der Waals surface area contributed by atoms with Crippen molar-refractivity contribution in [3.63, 3.8) is 0 Å². The highest BCUT2D eigenvalue weighted by atomic mass is 16.5. The molecule has 1 atom stereocenters. The number of benzene rings is 1. The molecule has 0 saturated carbocycles. The van der Waals surface area contributed by atoms with Crippen LogP contribution in [-0.4, -0.2) is 53.8 Å². The summed E-state index contributed by atoms with van der Waals surface area (Å²) in [7, 11) is 3.44. The number of aromatic nitrogens is 2. The highest BCUT2D eigenvalue weighted by molar-refractivity contribution is 5.59. The molecule has 7 heteroatoms. The number of aliphatic hydroxyl groups is 1. The third-order valence-corrected chi connectivity index (χ3v) is 4.34. The standard InChI is InChI=1S/C18H25N5O2/c1-12-9-17(19-2)22-18(20-12)21-13-5-6-16(25-3)14(10-13)15(24)11-23-7-4-8-23/h5-6,9-10,15,24H,4,7-8,11H2,1-3H3,(H2,19,20,21,22)/t15-/m0/s1. The number of hydrogen-bond donors (Lipinski definition) is 3. The Kier molecular flexibility index (Phi) is 5.35. The van der Waals surface area contributed by atoms with Gasteiger partial charge >= 0.3 is 0 Å². The van der Waals surface area contributed by atoms with Crippen LogP contribution in [0.2, 0.25) is 0 Å². The van der Waals surface area contributed by atoms with Gasteiger partial charge in [0, 0.05) is 36.6 Å². The van der Waals surface area contributed by atoms with Gasteiger partial charge in [0.05, 0.1) is 13.2 Å². The van der Waals surface area contributed by atoms with Crippen molar-refractivity contribution in [3.8, 4) is 5.75 Å². The number of hydrogen-bond acceptors (Lipinski definition) is 7. The van der Waals surface area contributed by atoms with Gasteiger partial charge in [0.25, 0.3) is 0 Å². The van der Waals surface area contributed by atoms with E-state index in [1.165, 1.54) is 6.42 Å². The molecule has 0 spiro atoms. The number of anilines is 3. The van der Waals surface area contributed by atoms with Gasteiger partial charge in [-0.1, -0.05) is 0 Å². The summed E-state index contributed by atoms with van der Waals surface area (Å²) in [6.45, 7) is 4.62. The summed E-state index contributed by atoms with van der Waals surface area (Å²) in [6, 6.07) is 7.52. The average Bonchev–Trinajstić information content (AvgIpc) is 2.57. The molecule has 1 aromatic carbocycles. The number of ether oxygens (including phenoxy) is 1. The van der Waals surface area contributed by atoms with Crippen molar-refractivity contribution < 1.29 is 9.84 Å². The minimum atomic E-state index is -0.594. The molecule has 25 heavy (non-hydrogen) atoms. The van der Waals surface area contributed by atoms with Crippen LogP contribution in [0.15, 0.2) is 24.3 Å². The molecule has 7 nitrogen and oxygen atoms in total. The van der Waals surface area contributed by atoms with Crippen LogP contribution in [0.5, 0.6) is 5.75 Å². The van der Waals surface area contributed by atoms with Crippen LogP contribution in [0.25, 0.3) is 0 Å². The number of rotatable bonds is 7. The Labute approximate surface area is 148 Å². The van der Waals surface area contributed by atoms with Crippen LogP contribution in [-0.2, 0) is 0 Å². The first-order valence-corrected chi connectivity index (χ1v) is 8.48. The molecule has 1 saturated heterocycles. The molecule has 0 unspecified atom stereocenters. The number of aliphatic hydroxyl groups excluding tert-OH is 1. The number of nitrogens with zero attached hydrogens (tertiary/aromatic N) is 3. The first-order chi connectivity index (χ1) is 12.1. The lowest BCUT2D eigenvalue weighted by Gasteiger charge is -2.32. The average molecular weight is 343 g/mol. The van der Waals surface area contributed by atoms with Gasteiger partial charge in [-0.25, -0.2) is 4.98 Å². The van der Waals surface area contributed by atoms with Crippen LogP contribution >= 0.6 is 0 Å². The Bertz CT molecular complexity index is 733. The van der Waals surface area contributed by atoms with Gasteiger partial charge in [-0.2, -0.15) is 4.98 Å². The SMILES string of the molecule is CNc1cc(C)nc(Nc2ccc(OC)c([C@@H](O)CN3CCC3)c2)n1. The summed E-state index contributed by atoms with van der Waals surface area (Å²) in [6.07, 6.45) is 0.604. The fraction of sp³-hybridized carbons (Fsp3) is 0.444. The van der Waals surface area contributed by atoms with E-state index < -0.39 is 6.10 Å². The number of β-amino-alcohol motifs (C(OH)–C–C–N with tert-alkyl or cyclic N) is 1. The largest absolute Gasteiger partial charge is 0.496 e. The van der Waals surface area contributed by atoms with E-state index in [4.69, 9.17) is 4.74 Å². The van der Waals surface area contributed by atoms with E-state index in [2.05, 4.69) is 25.5 Å². The fourth-order valence-corrected chi connectivity index (χ4v) is 2.86. The van der Waals surface area contributed by atoms with Crippen molar-refractivity contribution in [1.82, 2.24) is 14.9 Å². The maximum absolute atomic E-state index is 10.6. The zero-order valence-corrected chi connectivity index (χ0v) is 14.9. The predicted octanol–water partition coefficient (Wildman–Crippen LogP) is 2.32. The maximum Gasteiger partial charge on any atom is 0.229 e.